The van der Waals surface area contributed by atoms with Crippen LogP contribution in [0.4, 0.5) is 0 Å². The molecule has 0 bridgehead atoms. The van der Waals surface area contributed by atoms with Gasteiger partial charge in [-0.25, -0.2) is 4.98 Å². The lowest BCUT2D eigenvalue weighted by molar-refractivity contribution is 0.0600. The number of aromatic amines is 1. The van der Waals surface area contributed by atoms with E-state index >= 15 is 0 Å². The summed E-state index contributed by atoms with van der Waals surface area (Å²) in [4.78, 5) is 19.0. The van der Waals surface area contributed by atoms with Crippen molar-refractivity contribution in [2.24, 2.45) is 0 Å². The number of hydrogen-bond acceptors (Lipinski definition) is 4. The zero-order valence-electron chi connectivity index (χ0n) is 12.4. The van der Waals surface area contributed by atoms with Gasteiger partial charge >= 0.3 is 0 Å². The Kier molecular flexibility index (Phi) is 3.72. The molecule has 3 heterocycles. The highest BCUT2D eigenvalue weighted by Gasteiger charge is 2.31. The summed E-state index contributed by atoms with van der Waals surface area (Å²) < 4.78 is 1.77. The number of carbonyl (C=O) groups is 1. The molecule has 1 aliphatic heterocycles. The Bertz CT molecular complexity index is 631. The molecular formula is C14H20N6O. The van der Waals surface area contributed by atoms with E-state index in [2.05, 4.69) is 20.3 Å². The van der Waals surface area contributed by atoms with Crippen molar-refractivity contribution in [3.63, 3.8) is 0 Å². The monoisotopic (exact) mass is 288 g/mol. The number of aromatic nitrogens is 5. The van der Waals surface area contributed by atoms with E-state index in [0.29, 0.717) is 11.4 Å². The van der Waals surface area contributed by atoms with Gasteiger partial charge < -0.3 is 4.90 Å². The molecule has 0 spiro atoms. The second-order valence-corrected chi connectivity index (χ2v) is 5.37. The molecule has 1 saturated heterocycles. The zero-order chi connectivity index (χ0) is 14.8. The van der Waals surface area contributed by atoms with Crippen LogP contribution in [0.25, 0.3) is 0 Å². The van der Waals surface area contributed by atoms with Crippen LogP contribution in [0.15, 0.2) is 12.4 Å². The highest BCUT2D eigenvalue weighted by molar-refractivity contribution is 5.94. The smallest absolute Gasteiger partial charge is 0.257 e. The summed E-state index contributed by atoms with van der Waals surface area (Å²) in [5, 5.41) is 11.3. The molecule has 0 aromatic carbocycles. The van der Waals surface area contributed by atoms with Crippen molar-refractivity contribution in [3.05, 3.63) is 29.6 Å². The van der Waals surface area contributed by atoms with Crippen LogP contribution < -0.4 is 0 Å². The molecule has 1 amide bonds. The predicted molar refractivity (Wildman–Crippen MR) is 76.6 cm³/mol. The summed E-state index contributed by atoms with van der Waals surface area (Å²) in [5.74, 6) is 1.51. The van der Waals surface area contributed by atoms with Crippen LogP contribution in [0.3, 0.4) is 0 Å². The fourth-order valence-electron chi connectivity index (χ4n) is 2.76. The summed E-state index contributed by atoms with van der Waals surface area (Å²) in [6.45, 7) is 5.38. The third kappa shape index (κ3) is 2.68. The number of amides is 1. The maximum Gasteiger partial charge on any atom is 0.257 e. The van der Waals surface area contributed by atoms with E-state index in [1.165, 1.54) is 0 Å². The maximum atomic E-state index is 12.7. The summed E-state index contributed by atoms with van der Waals surface area (Å²) in [7, 11) is 0. The molecule has 2 aromatic rings. The lowest BCUT2D eigenvalue weighted by atomic mass is 10.0. The summed E-state index contributed by atoms with van der Waals surface area (Å²) in [6, 6.07) is -0.0406. The molecule has 3 rings (SSSR count). The average Bonchev–Trinajstić information content (AvgIpc) is 3.15. The molecule has 1 N–H and O–H groups in total. The lowest BCUT2D eigenvalue weighted by Gasteiger charge is -2.33. The number of rotatable bonds is 3. The molecule has 1 unspecified atom stereocenters. The van der Waals surface area contributed by atoms with Gasteiger partial charge in [-0.3, -0.25) is 14.6 Å². The first-order valence-corrected chi connectivity index (χ1v) is 7.41. The molecule has 2 aromatic heterocycles. The van der Waals surface area contributed by atoms with Gasteiger partial charge in [-0.05, 0) is 33.1 Å². The molecule has 0 aliphatic carbocycles. The molecule has 1 atom stereocenters. The van der Waals surface area contributed by atoms with Gasteiger partial charge in [-0.2, -0.15) is 10.2 Å². The molecule has 0 radical (unpaired) electrons. The van der Waals surface area contributed by atoms with E-state index < -0.39 is 0 Å². The number of likely N-dealkylation sites (tertiary alicyclic amines) is 1. The Balaban J connectivity index is 1.85. The van der Waals surface area contributed by atoms with Gasteiger partial charge in [-0.15, -0.1) is 0 Å². The molecule has 1 aliphatic rings. The third-order valence-corrected chi connectivity index (χ3v) is 3.88. The van der Waals surface area contributed by atoms with E-state index in [4.69, 9.17) is 0 Å². The number of piperidine rings is 1. The van der Waals surface area contributed by atoms with E-state index in [1.54, 1.807) is 17.1 Å². The second kappa shape index (κ2) is 5.67. The summed E-state index contributed by atoms with van der Waals surface area (Å²) in [5.41, 5.74) is 0.635. The van der Waals surface area contributed by atoms with Gasteiger partial charge in [0.05, 0.1) is 17.8 Å². The van der Waals surface area contributed by atoms with Crippen molar-refractivity contribution < 1.29 is 4.79 Å². The number of aryl methyl sites for hydroxylation is 2. The molecule has 1 fully saturated rings. The highest BCUT2D eigenvalue weighted by Crippen LogP contribution is 2.30. The molecule has 7 heteroatoms. The SMILES string of the molecule is CCn1cc(C(=O)N2CCCCC2c2n[nH]c(C)n2)cn1. The number of nitrogens with zero attached hydrogens (tertiary/aromatic N) is 5. The van der Waals surface area contributed by atoms with E-state index in [9.17, 15) is 4.79 Å². The van der Waals surface area contributed by atoms with Crippen molar-refractivity contribution in [1.82, 2.24) is 29.9 Å². The predicted octanol–water partition coefficient (Wildman–Crippen LogP) is 1.70. The Labute approximate surface area is 123 Å². The highest BCUT2D eigenvalue weighted by atomic mass is 16.2. The van der Waals surface area contributed by atoms with Crippen molar-refractivity contribution >= 4 is 5.91 Å². The van der Waals surface area contributed by atoms with Gasteiger partial charge in [0, 0.05) is 19.3 Å². The van der Waals surface area contributed by atoms with Gasteiger partial charge in [0.25, 0.3) is 5.91 Å². The summed E-state index contributed by atoms with van der Waals surface area (Å²) in [6.07, 6.45) is 6.46. The number of carbonyl (C=O) groups excluding carboxylic acids is 1. The minimum absolute atomic E-state index is 0.0156. The number of hydrogen-bond donors (Lipinski definition) is 1. The second-order valence-electron chi connectivity index (χ2n) is 5.37. The first-order chi connectivity index (χ1) is 10.2. The number of nitrogens with one attached hydrogen (secondary N) is 1. The van der Waals surface area contributed by atoms with Gasteiger partial charge in [0.1, 0.15) is 5.82 Å². The van der Waals surface area contributed by atoms with Crippen LogP contribution in [0.5, 0.6) is 0 Å². The minimum atomic E-state index is -0.0406. The molecule has 112 valence electrons. The quantitative estimate of drug-likeness (QED) is 0.932. The van der Waals surface area contributed by atoms with E-state index in [0.717, 1.165) is 38.2 Å². The van der Waals surface area contributed by atoms with Crippen LogP contribution in [-0.2, 0) is 6.54 Å². The van der Waals surface area contributed by atoms with Crippen LogP contribution in [-0.4, -0.2) is 42.3 Å². The first kappa shape index (κ1) is 13.8. The van der Waals surface area contributed by atoms with Crippen LogP contribution in [0.2, 0.25) is 0 Å². The maximum absolute atomic E-state index is 12.7. The Hall–Kier alpha value is -2.18. The first-order valence-electron chi connectivity index (χ1n) is 7.41. The van der Waals surface area contributed by atoms with Crippen molar-refractivity contribution in [2.75, 3.05) is 6.54 Å². The fraction of sp³-hybridized carbons (Fsp3) is 0.571. The molecule has 0 saturated carbocycles. The summed E-state index contributed by atoms with van der Waals surface area (Å²) >= 11 is 0. The van der Waals surface area contributed by atoms with Crippen LogP contribution in [0.1, 0.15) is 54.2 Å². The van der Waals surface area contributed by atoms with Crippen LogP contribution in [0, 0.1) is 6.92 Å². The Morgan fingerprint density at radius 3 is 3.00 bits per heavy atom. The average molecular weight is 288 g/mol. The van der Waals surface area contributed by atoms with Crippen LogP contribution >= 0.6 is 0 Å². The Morgan fingerprint density at radius 2 is 2.33 bits per heavy atom. The Morgan fingerprint density at radius 1 is 1.48 bits per heavy atom. The van der Waals surface area contributed by atoms with Gasteiger partial charge in [-0.1, -0.05) is 0 Å². The topological polar surface area (TPSA) is 79.7 Å². The van der Waals surface area contributed by atoms with Crippen molar-refractivity contribution in [1.29, 1.82) is 0 Å². The minimum Gasteiger partial charge on any atom is -0.328 e. The number of H-pyrrole nitrogens is 1. The third-order valence-electron chi connectivity index (χ3n) is 3.88. The molecule has 7 nitrogen and oxygen atoms in total. The molecular weight excluding hydrogens is 268 g/mol. The molecule has 21 heavy (non-hydrogen) atoms. The van der Waals surface area contributed by atoms with E-state index in [-0.39, 0.29) is 11.9 Å². The normalized spacial score (nSPS) is 19.0. The zero-order valence-corrected chi connectivity index (χ0v) is 12.4. The van der Waals surface area contributed by atoms with E-state index in [1.807, 2.05) is 18.7 Å². The fourth-order valence-corrected chi connectivity index (χ4v) is 2.76. The van der Waals surface area contributed by atoms with Gasteiger partial charge in [0.2, 0.25) is 0 Å². The lowest BCUT2D eigenvalue weighted by Crippen LogP contribution is -2.38. The standard InChI is InChI=1S/C14H20N6O/c1-3-19-9-11(8-15-19)14(21)20-7-5-4-6-12(20)13-16-10(2)17-18-13/h8-9,12H,3-7H2,1-2H3,(H,16,17,18). The van der Waals surface area contributed by atoms with Crippen molar-refractivity contribution in [2.45, 2.75) is 45.7 Å². The largest absolute Gasteiger partial charge is 0.328 e. The van der Waals surface area contributed by atoms with Gasteiger partial charge in [0.15, 0.2) is 5.82 Å². The van der Waals surface area contributed by atoms with Crippen molar-refractivity contribution in [3.8, 4) is 0 Å².